The van der Waals surface area contributed by atoms with Crippen LogP contribution in [0.15, 0.2) is 12.7 Å². The van der Waals surface area contributed by atoms with E-state index in [9.17, 15) is 4.79 Å². The first-order valence-corrected chi connectivity index (χ1v) is 1.62. The van der Waals surface area contributed by atoms with Gasteiger partial charge in [0.15, 0.2) is 0 Å². The Morgan fingerprint density at radius 3 is 2.50 bits per heavy atom. The number of carbonyl (C=O) groups is 1. The summed E-state index contributed by atoms with van der Waals surface area (Å²) in [4.78, 5) is 9.64. The molecular weight excluding hydrogens is 80.0 g/mol. The quantitative estimate of drug-likeness (QED) is 0.447. The van der Waals surface area contributed by atoms with Crippen molar-refractivity contribution in [3.8, 4) is 0 Å². The molecule has 0 aliphatic rings. The maximum atomic E-state index is 9.64. The second-order valence-electron chi connectivity index (χ2n) is 0.916. The van der Waals surface area contributed by atoms with Crippen LogP contribution in [0.25, 0.3) is 0 Å². The molecule has 0 atom stereocenters. The lowest BCUT2D eigenvalue weighted by molar-refractivity contribution is -0.117. The molecule has 1 N–H and O–H groups in total. The molecule has 0 rings (SSSR count). The van der Waals surface area contributed by atoms with E-state index in [-0.39, 0.29) is 6.42 Å². The summed E-state index contributed by atoms with van der Waals surface area (Å²) in [6.07, 6.45) is 1.58. The van der Waals surface area contributed by atoms with Crippen LogP contribution in [0.4, 0.5) is 0 Å². The lowest BCUT2D eigenvalue weighted by Crippen LogP contribution is -1.92. The maximum Gasteiger partial charge on any atom is 0.242 e. The molecule has 2 nitrogen and oxygen atoms in total. The van der Waals surface area contributed by atoms with Gasteiger partial charge in [0.1, 0.15) is 0 Å². The van der Waals surface area contributed by atoms with E-state index >= 15 is 0 Å². The molecule has 0 aromatic heterocycles. The van der Waals surface area contributed by atoms with Gasteiger partial charge in [-0.05, 0) is 0 Å². The summed E-state index contributed by atoms with van der Waals surface area (Å²) in [7, 11) is 0. The third-order valence-electron chi connectivity index (χ3n) is 0.330. The Hall–Kier alpha value is -0.790. The first-order valence-electron chi connectivity index (χ1n) is 1.62. The van der Waals surface area contributed by atoms with Crippen molar-refractivity contribution in [2.45, 2.75) is 6.42 Å². The van der Waals surface area contributed by atoms with Crippen LogP contribution in [0.1, 0.15) is 6.42 Å². The van der Waals surface area contributed by atoms with Gasteiger partial charge in [-0.1, -0.05) is 6.08 Å². The molecule has 0 heterocycles. The molecule has 0 aromatic carbocycles. The predicted molar refractivity (Wildman–Crippen MR) is 22.9 cm³/mol. The Labute approximate surface area is 36.6 Å². The molecule has 1 radical (unpaired) electrons. The first-order chi connectivity index (χ1) is 2.77. The van der Waals surface area contributed by atoms with E-state index in [1.54, 1.807) is 0 Å². The van der Waals surface area contributed by atoms with Crippen LogP contribution >= 0.6 is 0 Å². The topological polar surface area (TPSA) is 40.9 Å². The normalized spacial score (nSPS) is 7.33. The highest BCUT2D eigenvalue weighted by Gasteiger charge is 1.82. The molecule has 6 heavy (non-hydrogen) atoms. The Balaban J connectivity index is 3.05. The van der Waals surface area contributed by atoms with E-state index in [2.05, 4.69) is 6.58 Å². The number of hydrogen-bond donors (Lipinski definition) is 0. The number of amides is 1. The number of carbonyl (C=O) groups excluding carboxylic acids is 1. The first kappa shape index (κ1) is 5.21. The largest absolute Gasteiger partial charge is 0.273 e. The summed E-state index contributed by atoms with van der Waals surface area (Å²) < 4.78 is 0. The zero-order chi connectivity index (χ0) is 4.99. The van der Waals surface area contributed by atoms with Crippen LogP contribution < -0.4 is 5.73 Å². The molecule has 1 amide bonds. The molecule has 0 saturated heterocycles. The molecule has 0 bridgehead atoms. The Kier molecular flexibility index (Phi) is 2.13. The third-order valence-corrected chi connectivity index (χ3v) is 0.330. The fourth-order valence-electron chi connectivity index (χ4n) is 0.131. The summed E-state index contributed by atoms with van der Waals surface area (Å²) in [5.74, 6) is -0.579. The van der Waals surface area contributed by atoms with Crippen molar-refractivity contribution in [3.63, 3.8) is 0 Å². The smallest absolute Gasteiger partial charge is 0.242 e. The van der Waals surface area contributed by atoms with Crippen molar-refractivity contribution in [3.05, 3.63) is 12.7 Å². The predicted octanol–water partition coefficient (Wildman–Crippen LogP) is 0.372. The van der Waals surface area contributed by atoms with Crippen molar-refractivity contribution in [1.29, 1.82) is 0 Å². The van der Waals surface area contributed by atoms with Crippen LogP contribution in [0.5, 0.6) is 0 Å². The van der Waals surface area contributed by atoms with Crippen LogP contribution in [0.2, 0.25) is 0 Å². The Morgan fingerprint density at radius 1 is 2.00 bits per heavy atom. The Morgan fingerprint density at radius 2 is 2.50 bits per heavy atom. The standard InChI is InChI=1S/C4H6NO/c1-2-3-4(5)6/h2,5H,1,3H2/i3+2. The van der Waals surface area contributed by atoms with Gasteiger partial charge in [0.05, 0.1) is 0 Å². The van der Waals surface area contributed by atoms with Gasteiger partial charge in [0.25, 0.3) is 0 Å². The molecule has 2 heteroatoms. The highest BCUT2D eigenvalue weighted by atomic mass is 16.2. The van der Waals surface area contributed by atoms with Gasteiger partial charge in [0, 0.05) is 6.42 Å². The highest BCUT2D eigenvalue weighted by molar-refractivity contribution is 5.74. The molecule has 0 unspecified atom stereocenters. The second-order valence-corrected chi connectivity index (χ2v) is 0.916. The number of hydrogen-bond acceptors (Lipinski definition) is 1. The van der Waals surface area contributed by atoms with Crippen molar-refractivity contribution in [1.82, 2.24) is 5.73 Å². The summed E-state index contributed by atoms with van der Waals surface area (Å²) in [6.45, 7) is 3.26. The number of rotatable bonds is 2. The lowest BCUT2D eigenvalue weighted by Gasteiger charge is -1.74. The monoisotopic (exact) mass is 86.0 g/mol. The average molecular weight is 86.1 g/mol. The van der Waals surface area contributed by atoms with Crippen molar-refractivity contribution < 1.29 is 4.79 Å². The molecule has 0 fully saturated rings. The zero-order valence-electron chi connectivity index (χ0n) is 3.40. The maximum absolute atomic E-state index is 9.64. The van der Waals surface area contributed by atoms with E-state index in [4.69, 9.17) is 5.73 Å². The molecule has 0 aromatic rings. The SMILES string of the molecule is C=C[14CH2]C([NH])=O. The van der Waals surface area contributed by atoms with E-state index < -0.39 is 5.91 Å². The van der Waals surface area contributed by atoms with Gasteiger partial charge in [-0.15, -0.1) is 6.58 Å². The van der Waals surface area contributed by atoms with Gasteiger partial charge in [-0.3, -0.25) is 10.5 Å². The third kappa shape index (κ3) is 3.21. The lowest BCUT2D eigenvalue weighted by atomic mass is 10.9. The van der Waals surface area contributed by atoms with E-state index in [1.807, 2.05) is 0 Å². The molecule has 0 aliphatic carbocycles. The van der Waals surface area contributed by atoms with Crippen LogP contribution in [-0.2, 0) is 4.79 Å². The van der Waals surface area contributed by atoms with Crippen molar-refractivity contribution in [2.24, 2.45) is 0 Å². The zero-order valence-corrected chi connectivity index (χ0v) is 3.40. The summed E-state index contributed by atoms with van der Waals surface area (Å²) in [5.41, 5.74) is 6.27. The minimum atomic E-state index is -0.579. The molecular formula is C4H6NO. The van der Waals surface area contributed by atoms with E-state index in [0.29, 0.717) is 0 Å². The van der Waals surface area contributed by atoms with Crippen molar-refractivity contribution in [2.75, 3.05) is 0 Å². The van der Waals surface area contributed by atoms with Gasteiger partial charge in [-0.25, -0.2) is 0 Å². The summed E-state index contributed by atoms with van der Waals surface area (Å²) in [6, 6.07) is 0. The highest BCUT2D eigenvalue weighted by Crippen LogP contribution is 1.73. The molecule has 0 saturated carbocycles. The van der Waals surface area contributed by atoms with Crippen molar-refractivity contribution >= 4 is 5.91 Å². The average Bonchev–Trinajstić information content (AvgIpc) is 1.35. The fraction of sp³-hybridized carbons (Fsp3) is 0.250. The van der Waals surface area contributed by atoms with Gasteiger partial charge < -0.3 is 0 Å². The molecule has 0 aliphatic heterocycles. The number of nitrogens with one attached hydrogen (secondary N) is 1. The van der Waals surface area contributed by atoms with Crippen LogP contribution in [-0.4, -0.2) is 5.91 Å². The van der Waals surface area contributed by atoms with Gasteiger partial charge >= 0.3 is 0 Å². The van der Waals surface area contributed by atoms with E-state index in [0.717, 1.165) is 0 Å². The molecule has 33 valence electrons. The molecule has 0 spiro atoms. The second kappa shape index (κ2) is 2.45. The van der Waals surface area contributed by atoms with Gasteiger partial charge in [-0.2, -0.15) is 0 Å². The van der Waals surface area contributed by atoms with E-state index in [1.165, 1.54) is 6.08 Å². The summed E-state index contributed by atoms with van der Waals surface area (Å²) >= 11 is 0. The summed E-state index contributed by atoms with van der Waals surface area (Å²) in [5, 5.41) is 0. The minimum absolute atomic E-state index is 0.167. The van der Waals surface area contributed by atoms with Crippen LogP contribution in [0, 0.1) is 0 Å². The Bertz CT molecular complexity index is 67.9. The van der Waals surface area contributed by atoms with Crippen LogP contribution in [0.3, 0.4) is 0 Å². The minimum Gasteiger partial charge on any atom is -0.273 e. The van der Waals surface area contributed by atoms with Gasteiger partial charge in [0.2, 0.25) is 5.91 Å². The fourth-order valence-corrected chi connectivity index (χ4v) is 0.131.